The highest BCUT2D eigenvalue weighted by atomic mass is 35.5. The molecule has 2 N–H and O–H groups in total. The third-order valence-electron chi connectivity index (χ3n) is 3.77. The summed E-state index contributed by atoms with van der Waals surface area (Å²) < 4.78 is 11.5. The first-order valence-corrected chi connectivity index (χ1v) is 8.12. The first-order valence-electron chi connectivity index (χ1n) is 7.74. The van der Waals surface area contributed by atoms with E-state index in [9.17, 15) is 4.79 Å². The van der Waals surface area contributed by atoms with Gasteiger partial charge in [0.1, 0.15) is 0 Å². The Morgan fingerprint density at radius 2 is 1.81 bits per heavy atom. The molecular formula is C18H17ClN4O3. The number of halogens is 1. The van der Waals surface area contributed by atoms with E-state index in [-0.39, 0.29) is 18.3 Å². The van der Waals surface area contributed by atoms with Gasteiger partial charge in [-0.15, -0.1) is 5.10 Å². The topological polar surface area (TPSA) is 92.3 Å². The van der Waals surface area contributed by atoms with Gasteiger partial charge in [-0.3, -0.25) is 4.79 Å². The molecule has 8 heteroatoms. The molecule has 0 aliphatic rings. The van der Waals surface area contributed by atoms with Crippen molar-refractivity contribution in [3.63, 3.8) is 0 Å². The van der Waals surface area contributed by atoms with Crippen molar-refractivity contribution in [2.24, 2.45) is 0 Å². The third-order valence-corrected chi connectivity index (χ3v) is 4.03. The standard InChI is InChI=1S/C18H17ClN4O3/c1-25-14-8-3-11(9-15(14)26-2)10-16(24)23-18(20)21-17(22-23)12-4-6-13(19)7-5-12/h3-9H,10H2,1-2H3,(H2,20,21,22). The van der Waals surface area contributed by atoms with Gasteiger partial charge in [-0.1, -0.05) is 17.7 Å². The van der Waals surface area contributed by atoms with Crippen LogP contribution in [0, 0.1) is 0 Å². The quantitative estimate of drug-likeness (QED) is 0.739. The van der Waals surface area contributed by atoms with Gasteiger partial charge >= 0.3 is 0 Å². The Morgan fingerprint density at radius 1 is 1.12 bits per heavy atom. The summed E-state index contributed by atoms with van der Waals surface area (Å²) in [6, 6.07) is 12.2. The highest BCUT2D eigenvalue weighted by Crippen LogP contribution is 2.28. The number of anilines is 1. The van der Waals surface area contributed by atoms with Crippen LogP contribution < -0.4 is 15.2 Å². The van der Waals surface area contributed by atoms with Crippen LogP contribution in [0.1, 0.15) is 10.4 Å². The number of hydrogen-bond donors (Lipinski definition) is 1. The smallest absolute Gasteiger partial charge is 0.254 e. The van der Waals surface area contributed by atoms with Gasteiger partial charge in [0, 0.05) is 10.6 Å². The molecule has 0 fully saturated rings. The normalized spacial score (nSPS) is 10.6. The maximum absolute atomic E-state index is 12.6. The van der Waals surface area contributed by atoms with Crippen LogP contribution in [0.4, 0.5) is 5.95 Å². The van der Waals surface area contributed by atoms with E-state index in [4.69, 9.17) is 26.8 Å². The summed E-state index contributed by atoms with van der Waals surface area (Å²) in [7, 11) is 3.09. The summed E-state index contributed by atoms with van der Waals surface area (Å²) in [5, 5.41) is 4.82. The lowest BCUT2D eigenvalue weighted by molar-refractivity contribution is 0.0901. The minimum absolute atomic E-state index is 0.0282. The van der Waals surface area contributed by atoms with E-state index in [2.05, 4.69) is 10.1 Å². The van der Waals surface area contributed by atoms with E-state index in [0.717, 1.165) is 15.8 Å². The van der Waals surface area contributed by atoms with E-state index < -0.39 is 0 Å². The molecule has 7 nitrogen and oxygen atoms in total. The average molecular weight is 373 g/mol. The number of nitrogens with zero attached hydrogens (tertiary/aromatic N) is 3. The summed E-state index contributed by atoms with van der Waals surface area (Å²) in [5.74, 6) is 1.22. The molecule has 0 amide bonds. The van der Waals surface area contributed by atoms with Crippen LogP contribution >= 0.6 is 11.6 Å². The van der Waals surface area contributed by atoms with E-state index in [1.165, 1.54) is 7.11 Å². The fourth-order valence-electron chi connectivity index (χ4n) is 2.47. The summed E-state index contributed by atoms with van der Waals surface area (Å²) in [5.41, 5.74) is 7.33. The number of benzene rings is 2. The molecule has 0 saturated carbocycles. The first-order chi connectivity index (χ1) is 12.5. The van der Waals surface area contributed by atoms with Gasteiger partial charge in [0.05, 0.1) is 20.6 Å². The van der Waals surface area contributed by atoms with Crippen LogP contribution in [-0.4, -0.2) is 34.9 Å². The van der Waals surface area contributed by atoms with Crippen LogP contribution in [0.2, 0.25) is 5.02 Å². The average Bonchev–Trinajstić information content (AvgIpc) is 3.04. The van der Waals surface area contributed by atoms with Gasteiger partial charge in [-0.05, 0) is 42.0 Å². The minimum Gasteiger partial charge on any atom is -0.493 e. The maximum atomic E-state index is 12.6. The lowest BCUT2D eigenvalue weighted by atomic mass is 10.1. The number of nitrogens with two attached hydrogens (primary N) is 1. The predicted molar refractivity (Wildman–Crippen MR) is 98.8 cm³/mol. The molecule has 0 aliphatic carbocycles. The number of carbonyl (C=O) groups excluding carboxylic acids is 1. The van der Waals surface area contributed by atoms with E-state index in [0.29, 0.717) is 22.3 Å². The van der Waals surface area contributed by atoms with Crippen molar-refractivity contribution in [1.82, 2.24) is 14.8 Å². The van der Waals surface area contributed by atoms with Gasteiger partial charge < -0.3 is 15.2 Å². The number of ether oxygens (including phenoxy) is 2. The molecule has 1 heterocycles. The maximum Gasteiger partial charge on any atom is 0.254 e. The summed E-state index contributed by atoms with van der Waals surface area (Å²) >= 11 is 5.88. The second-order valence-corrected chi connectivity index (χ2v) is 5.91. The van der Waals surface area contributed by atoms with Crippen molar-refractivity contribution in [3.05, 3.63) is 53.1 Å². The lowest BCUT2D eigenvalue weighted by Gasteiger charge is -2.09. The Morgan fingerprint density at radius 3 is 2.46 bits per heavy atom. The summed E-state index contributed by atoms with van der Waals surface area (Å²) in [6.07, 6.45) is 0.0912. The zero-order valence-electron chi connectivity index (χ0n) is 14.3. The molecule has 134 valence electrons. The summed E-state index contributed by atoms with van der Waals surface area (Å²) in [6.45, 7) is 0. The van der Waals surface area contributed by atoms with Crippen LogP contribution in [0.3, 0.4) is 0 Å². The third kappa shape index (κ3) is 3.62. The van der Waals surface area contributed by atoms with Crippen LogP contribution in [-0.2, 0) is 6.42 Å². The molecule has 0 spiro atoms. The number of aromatic nitrogens is 3. The molecule has 3 rings (SSSR count). The number of hydrogen-bond acceptors (Lipinski definition) is 6. The van der Waals surface area contributed by atoms with Crippen molar-refractivity contribution in [2.75, 3.05) is 20.0 Å². The molecule has 3 aromatic rings. The minimum atomic E-state index is -0.303. The molecule has 0 atom stereocenters. The number of nitrogen functional groups attached to an aromatic ring is 1. The van der Waals surface area contributed by atoms with Gasteiger partial charge in [0.2, 0.25) is 5.95 Å². The van der Waals surface area contributed by atoms with Crippen molar-refractivity contribution >= 4 is 23.5 Å². The molecule has 0 bridgehead atoms. The second kappa shape index (κ2) is 7.45. The van der Waals surface area contributed by atoms with Crippen molar-refractivity contribution < 1.29 is 14.3 Å². The molecule has 0 aliphatic heterocycles. The summed E-state index contributed by atoms with van der Waals surface area (Å²) in [4.78, 5) is 16.7. The number of rotatable bonds is 5. The highest BCUT2D eigenvalue weighted by Gasteiger charge is 2.16. The van der Waals surface area contributed by atoms with Gasteiger partial charge in [-0.2, -0.15) is 9.67 Å². The van der Waals surface area contributed by atoms with Gasteiger partial charge in [0.15, 0.2) is 17.3 Å². The second-order valence-electron chi connectivity index (χ2n) is 5.47. The lowest BCUT2D eigenvalue weighted by Crippen LogP contribution is -2.17. The van der Waals surface area contributed by atoms with E-state index in [1.807, 2.05) is 0 Å². The van der Waals surface area contributed by atoms with Crippen LogP contribution in [0.25, 0.3) is 11.4 Å². The Bertz CT molecular complexity index is 938. The van der Waals surface area contributed by atoms with Crippen molar-refractivity contribution in [2.45, 2.75) is 6.42 Å². The fraction of sp³-hybridized carbons (Fsp3) is 0.167. The van der Waals surface area contributed by atoms with Crippen molar-refractivity contribution in [1.29, 1.82) is 0 Å². The molecule has 26 heavy (non-hydrogen) atoms. The van der Waals surface area contributed by atoms with E-state index in [1.54, 1.807) is 49.6 Å². The molecule has 0 radical (unpaired) electrons. The molecule has 0 saturated heterocycles. The Hall–Kier alpha value is -3.06. The SMILES string of the molecule is COc1ccc(CC(=O)n2nc(-c3ccc(Cl)cc3)nc2N)cc1OC. The zero-order chi connectivity index (χ0) is 18.7. The molecule has 1 aromatic heterocycles. The molecule has 2 aromatic carbocycles. The number of methoxy groups -OCH3 is 2. The predicted octanol–water partition coefficient (Wildman–Crippen LogP) is 3.08. The first kappa shape index (κ1) is 17.8. The van der Waals surface area contributed by atoms with E-state index >= 15 is 0 Å². The molecule has 0 unspecified atom stereocenters. The Balaban J connectivity index is 1.83. The monoisotopic (exact) mass is 372 g/mol. The Labute approximate surface area is 155 Å². The molecular weight excluding hydrogens is 356 g/mol. The van der Waals surface area contributed by atoms with Crippen LogP contribution in [0.5, 0.6) is 11.5 Å². The largest absolute Gasteiger partial charge is 0.493 e. The Kier molecular flexibility index (Phi) is 5.09. The highest BCUT2D eigenvalue weighted by molar-refractivity contribution is 6.30. The van der Waals surface area contributed by atoms with Gasteiger partial charge in [0.25, 0.3) is 5.91 Å². The van der Waals surface area contributed by atoms with Gasteiger partial charge in [-0.25, -0.2) is 0 Å². The van der Waals surface area contributed by atoms with Crippen LogP contribution in [0.15, 0.2) is 42.5 Å². The zero-order valence-corrected chi connectivity index (χ0v) is 15.0. The van der Waals surface area contributed by atoms with Crippen molar-refractivity contribution in [3.8, 4) is 22.9 Å². The fourth-order valence-corrected chi connectivity index (χ4v) is 2.60. The number of carbonyl (C=O) groups is 1.